The number of hydrogen-bond acceptors (Lipinski definition) is 3. The summed E-state index contributed by atoms with van der Waals surface area (Å²) < 4.78 is 13.0. The van der Waals surface area contributed by atoms with Gasteiger partial charge in [-0.3, -0.25) is 0 Å². The van der Waals surface area contributed by atoms with E-state index in [9.17, 15) is 0 Å². The van der Waals surface area contributed by atoms with Crippen molar-refractivity contribution in [1.82, 2.24) is 0 Å². The van der Waals surface area contributed by atoms with Gasteiger partial charge < -0.3 is 13.7 Å². The molecular weight excluding hydrogens is 791 g/mol. The molecule has 0 fully saturated rings. The third-order valence-electron chi connectivity index (χ3n) is 13.1. The number of rotatable bonds is 7. The van der Waals surface area contributed by atoms with Crippen LogP contribution in [0.25, 0.3) is 110 Å². The predicted molar refractivity (Wildman–Crippen MR) is 272 cm³/mol. The van der Waals surface area contributed by atoms with Crippen molar-refractivity contribution < 1.29 is 8.83 Å². The van der Waals surface area contributed by atoms with Crippen LogP contribution in [0, 0.1) is 0 Å². The molecule has 0 saturated carbocycles. The van der Waals surface area contributed by atoms with E-state index in [0.29, 0.717) is 0 Å². The quantitative estimate of drug-likeness (QED) is 0.150. The normalized spacial score (nSPS) is 11.7. The molecule has 65 heavy (non-hydrogen) atoms. The molecule has 0 atom stereocenters. The van der Waals surface area contributed by atoms with Crippen LogP contribution in [0.4, 0.5) is 17.1 Å². The average Bonchev–Trinajstić information content (AvgIpc) is 3.96. The third kappa shape index (κ3) is 6.12. The maximum Gasteiger partial charge on any atom is 0.143 e. The summed E-state index contributed by atoms with van der Waals surface area (Å²) in [6.45, 7) is 0. The third-order valence-corrected chi connectivity index (χ3v) is 13.1. The Labute approximate surface area is 375 Å². The topological polar surface area (TPSA) is 29.5 Å². The molecule has 0 unspecified atom stereocenters. The summed E-state index contributed by atoms with van der Waals surface area (Å²) in [5.41, 5.74) is 15.7. The first-order valence-corrected chi connectivity index (χ1v) is 22.2. The van der Waals surface area contributed by atoms with E-state index in [1.165, 1.54) is 27.1 Å². The summed E-state index contributed by atoms with van der Waals surface area (Å²) in [5.74, 6) is 0. The highest BCUT2D eigenvalue weighted by Crippen LogP contribution is 2.46. The predicted octanol–water partition coefficient (Wildman–Crippen LogP) is 17.9. The Bertz CT molecular complexity index is 3780. The lowest BCUT2D eigenvalue weighted by Gasteiger charge is -2.29. The number of nitrogens with zero attached hydrogens (tertiary/aromatic N) is 1. The fourth-order valence-electron chi connectivity index (χ4n) is 9.99. The maximum absolute atomic E-state index is 6.50. The average molecular weight is 830 g/mol. The van der Waals surface area contributed by atoms with Crippen LogP contribution in [-0.2, 0) is 0 Å². The second kappa shape index (κ2) is 15.0. The zero-order valence-corrected chi connectivity index (χ0v) is 35.3. The van der Waals surface area contributed by atoms with E-state index in [2.05, 4.69) is 217 Å². The Hall–Kier alpha value is -8.66. The Kier molecular flexibility index (Phi) is 8.53. The molecule has 0 N–H and O–H groups in total. The van der Waals surface area contributed by atoms with Gasteiger partial charge in [0.25, 0.3) is 0 Å². The molecule has 13 rings (SSSR count). The number of benzene rings is 11. The fraction of sp³-hybridized carbons (Fsp3) is 0. The van der Waals surface area contributed by atoms with Crippen LogP contribution >= 0.6 is 0 Å². The first-order chi connectivity index (χ1) is 32.2. The smallest absolute Gasteiger partial charge is 0.143 e. The van der Waals surface area contributed by atoms with E-state index in [4.69, 9.17) is 8.83 Å². The minimum absolute atomic E-state index is 0.894. The molecule has 2 aromatic heterocycles. The highest BCUT2D eigenvalue weighted by molar-refractivity contribution is 6.13. The Morgan fingerprint density at radius 3 is 1.35 bits per heavy atom. The van der Waals surface area contributed by atoms with Crippen molar-refractivity contribution in [2.24, 2.45) is 0 Å². The Balaban J connectivity index is 1.00. The van der Waals surface area contributed by atoms with Crippen LogP contribution in [0.5, 0.6) is 0 Å². The summed E-state index contributed by atoms with van der Waals surface area (Å²) >= 11 is 0. The molecule has 11 aromatic carbocycles. The first-order valence-electron chi connectivity index (χ1n) is 22.2. The molecule has 0 amide bonds. The molecule has 0 bridgehead atoms. The van der Waals surface area contributed by atoms with Crippen LogP contribution in [0.15, 0.2) is 245 Å². The van der Waals surface area contributed by atoms with Crippen LogP contribution in [-0.4, -0.2) is 0 Å². The van der Waals surface area contributed by atoms with E-state index in [1.807, 2.05) is 24.3 Å². The van der Waals surface area contributed by atoms with Crippen molar-refractivity contribution in [2.45, 2.75) is 0 Å². The molecular formula is C62H39NO2. The minimum atomic E-state index is 0.894. The summed E-state index contributed by atoms with van der Waals surface area (Å²) in [6.07, 6.45) is 0. The Morgan fingerprint density at radius 1 is 0.262 bits per heavy atom. The molecule has 2 heterocycles. The number of para-hydroxylation sites is 4. The monoisotopic (exact) mass is 829 g/mol. The van der Waals surface area contributed by atoms with Gasteiger partial charge in [-0.05, 0) is 91.8 Å². The van der Waals surface area contributed by atoms with Crippen LogP contribution in [0.1, 0.15) is 0 Å². The molecule has 0 aliphatic carbocycles. The number of furan rings is 2. The molecule has 0 saturated heterocycles. The van der Waals surface area contributed by atoms with Gasteiger partial charge >= 0.3 is 0 Å². The standard InChI is InChI=1S/C62H39NO2/c1-2-13-40(14-3-1)49-37-32-44(48-19-10-22-52-47-16-5-4-15-41(47)31-38-53(48)52)39-58(49)63(45-33-27-42(28-34-45)50-20-11-23-56-54-17-6-8-25-59(54)64-61(50)56)46-35-29-43(30-36-46)51-21-12-24-57-55-18-7-9-26-60(55)65-62(51)57/h1-39H. The van der Waals surface area contributed by atoms with Crippen molar-refractivity contribution in [3.8, 4) is 44.5 Å². The molecule has 304 valence electrons. The SMILES string of the molecule is c1ccc(-c2ccc(-c3cccc4c3ccc3ccccc34)cc2N(c2ccc(-c3cccc4c3oc3ccccc34)cc2)c2ccc(-c3cccc4c3oc3ccccc34)cc2)cc1. The van der Waals surface area contributed by atoms with Crippen molar-refractivity contribution in [1.29, 1.82) is 0 Å². The highest BCUT2D eigenvalue weighted by atomic mass is 16.3. The second-order valence-electron chi connectivity index (χ2n) is 16.8. The molecule has 3 nitrogen and oxygen atoms in total. The molecule has 0 aliphatic heterocycles. The van der Waals surface area contributed by atoms with E-state index in [0.717, 1.165) is 99.9 Å². The zero-order chi connectivity index (χ0) is 42.8. The van der Waals surface area contributed by atoms with Crippen LogP contribution in [0.3, 0.4) is 0 Å². The Morgan fingerprint density at radius 2 is 0.738 bits per heavy atom. The zero-order valence-electron chi connectivity index (χ0n) is 35.3. The van der Waals surface area contributed by atoms with Crippen molar-refractivity contribution in [2.75, 3.05) is 4.90 Å². The van der Waals surface area contributed by atoms with E-state index in [1.54, 1.807) is 0 Å². The van der Waals surface area contributed by atoms with Crippen LogP contribution < -0.4 is 4.90 Å². The van der Waals surface area contributed by atoms with Gasteiger partial charge in [0.15, 0.2) is 0 Å². The molecule has 0 spiro atoms. The fourth-order valence-corrected chi connectivity index (χ4v) is 9.99. The first kappa shape index (κ1) is 36.9. The largest absolute Gasteiger partial charge is 0.455 e. The lowest BCUT2D eigenvalue weighted by molar-refractivity contribution is 0.669. The van der Waals surface area contributed by atoms with Gasteiger partial charge in [-0.2, -0.15) is 0 Å². The summed E-state index contributed by atoms with van der Waals surface area (Å²) in [6, 6.07) is 84.8. The number of fused-ring (bicyclic) bond motifs is 9. The van der Waals surface area contributed by atoms with Crippen molar-refractivity contribution in [3.63, 3.8) is 0 Å². The minimum Gasteiger partial charge on any atom is -0.455 e. The van der Waals surface area contributed by atoms with Crippen molar-refractivity contribution >= 4 is 82.5 Å². The van der Waals surface area contributed by atoms with Gasteiger partial charge in [-0.1, -0.05) is 194 Å². The highest BCUT2D eigenvalue weighted by Gasteiger charge is 2.21. The summed E-state index contributed by atoms with van der Waals surface area (Å²) in [7, 11) is 0. The van der Waals surface area contributed by atoms with E-state index >= 15 is 0 Å². The van der Waals surface area contributed by atoms with E-state index < -0.39 is 0 Å². The number of anilines is 3. The molecule has 0 radical (unpaired) electrons. The van der Waals surface area contributed by atoms with Gasteiger partial charge in [0.2, 0.25) is 0 Å². The van der Waals surface area contributed by atoms with Gasteiger partial charge in [0, 0.05) is 49.6 Å². The molecule has 0 aliphatic rings. The lowest BCUT2D eigenvalue weighted by atomic mass is 9.92. The van der Waals surface area contributed by atoms with Crippen LogP contribution in [0.2, 0.25) is 0 Å². The summed E-state index contributed by atoms with van der Waals surface area (Å²) in [4.78, 5) is 2.41. The van der Waals surface area contributed by atoms with E-state index in [-0.39, 0.29) is 0 Å². The van der Waals surface area contributed by atoms with Gasteiger partial charge in [0.1, 0.15) is 22.3 Å². The van der Waals surface area contributed by atoms with Gasteiger partial charge in [-0.15, -0.1) is 0 Å². The molecule has 13 aromatic rings. The summed E-state index contributed by atoms with van der Waals surface area (Å²) in [5, 5.41) is 9.45. The molecule has 3 heteroatoms. The van der Waals surface area contributed by atoms with Gasteiger partial charge in [0.05, 0.1) is 5.69 Å². The lowest BCUT2D eigenvalue weighted by Crippen LogP contribution is -2.11. The maximum atomic E-state index is 6.50. The number of hydrogen-bond donors (Lipinski definition) is 0. The van der Waals surface area contributed by atoms with Gasteiger partial charge in [-0.25, -0.2) is 0 Å². The second-order valence-corrected chi connectivity index (χ2v) is 16.8. The van der Waals surface area contributed by atoms with Crippen molar-refractivity contribution in [3.05, 3.63) is 237 Å².